The van der Waals surface area contributed by atoms with Crippen molar-refractivity contribution in [2.45, 2.75) is 71.8 Å². The van der Waals surface area contributed by atoms with Gasteiger partial charge in [-0.3, -0.25) is 14.2 Å². The van der Waals surface area contributed by atoms with E-state index in [4.69, 9.17) is 9.47 Å². The van der Waals surface area contributed by atoms with Crippen LogP contribution in [0.1, 0.15) is 67.4 Å². The van der Waals surface area contributed by atoms with Gasteiger partial charge in [-0.2, -0.15) is 0 Å². The maximum absolute atomic E-state index is 14.2. The molecule has 1 saturated heterocycles. The van der Waals surface area contributed by atoms with Crippen molar-refractivity contribution >= 4 is 33.4 Å². The molecular weight excluding hydrogens is 522 g/mol. The average Bonchev–Trinajstić information content (AvgIpc) is 3.53. The Bertz CT molecular complexity index is 1530. The number of hydrogen-bond donors (Lipinski definition) is 1. The summed E-state index contributed by atoms with van der Waals surface area (Å²) in [5.74, 6) is -0.944. The largest absolute Gasteiger partial charge is 0.496 e. The van der Waals surface area contributed by atoms with Gasteiger partial charge in [0.15, 0.2) is 0 Å². The Kier molecular flexibility index (Phi) is 8.04. The second kappa shape index (κ2) is 11.0. The van der Waals surface area contributed by atoms with Gasteiger partial charge in [0, 0.05) is 18.7 Å². The third-order valence-corrected chi connectivity index (χ3v) is 8.46. The molecule has 10 nitrogen and oxygen atoms in total. The van der Waals surface area contributed by atoms with E-state index < -0.39 is 28.9 Å². The molecule has 1 amide bonds. The van der Waals surface area contributed by atoms with E-state index in [0.29, 0.717) is 24.4 Å². The molecule has 0 saturated carbocycles. The van der Waals surface area contributed by atoms with Crippen LogP contribution in [0.4, 0.5) is 0 Å². The lowest BCUT2D eigenvalue weighted by Crippen LogP contribution is -2.56. The first kappa shape index (κ1) is 28.6. The lowest BCUT2D eigenvalue weighted by atomic mass is 10.0. The topological polar surface area (TPSA) is 120 Å². The molecule has 3 heterocycles. The molecule has 1 aliphatic rings. The Hall–Kier alpha value is -3.44. The summed E-state index contributed by atoms with van der Waals surface area (Å²) in [6.45, 7) is 9.53. The average molecular weight is 558 g/mol. The van der Waals surface area contributed by atoms with Gasteiger partial charge in [0.2, 0.25) is 5.91 Å². The first-order valence-corrected chi connectivity index (χ1v) is 13.8. The molecule has 11 heteroatoms. The number of aromatic nitrogens is 2. The number of nitrogens with zero attached hydrogens (tertiary/aromatic N) is 3. The van der Waals surface area contributed by atoms with Gasteiger partial charge in [-0.15, -0.1) is 11.3 Å². The Balaban J connectivity index is 2.00. The Morgan fingerprint density at radius 2 is 1.77 bits per heavy atom. The number of aromatic carboxylic acids is 1. The molecule has 39 heavy (non-hydrogen) atoms. The van der Waals surface area contributed by atoms with Crippen molar-refractivity contribution in [3.05, 3.63) is 61.1 Å². The van der Waals surface area contributed by atoms with Gasteiger partial charge in [0.1, 0.15) is 27.1 Å². The molecule has 210 valence electrons. The highest BCUT2D eigenvalue weighted by atomic mass is 32.1. The van der Waals surface area contributed by atoms with E-state index in [-0.39, 0.29) is 39.2 Å². The number of ether oxygens (including phenoxy) is 2. The fraction of sp³-hybridized carbons (Fsp3) is 0.500. The number of carbonyl (C=O) groups is 2. The summed E-state index contributed by atoms with van der Waals surface area (Å²) >= 11 is 0.874. The first-order chi connectivity index (χ1) is 18.4. The van der Waals surface area contributed by atoms with Crippen LogP contribution in [-0.2, 0) is 21.6 Å². The molecular formula is C28H35N3O7S. The molecule has 1 aliphatic heterocycles. The number of para-hydroxylation sites is 1. The lowest BCUT2D eigenvalue weighted by Gasteiger charge is -2.31. The number of rotatable bonds is 9. The van der Waals surface area contributed by atoms with Crippen LogP contribution in [0.3, 0.4) is 0 Å². The summed E-state index contributed by atoms with van der Waals surface area (Å²) in [6, 6.07) is 7.30. The van der Waals surface area contributed by atoms with Crippen LogP contribution in [0.15, 0.2) is 33.9 Å². The minimum Gasteiger partial charge on any atom is -0.496 e. The molecule has 1 fully saturated rings. The number of carboxylic acids is 1. The zero-order chi connectivity index (χ0) is 28.6. The highest BCUT2D eigenvalue weighted by molar-refractivity contribution is 7.20. The maximum atomic E-state index is 14.2. The van der Waals surface area contributed by atoms with Gasteiger partial charge < -0.3 is 19.5 Å². The molecule has 0 spiro atoms. The first-order valence-electron chi connectivity index (χ1n) is 13.0. The van der Waals surface area contributed by atoms with Gasteiger partial charge >= 0.3 is 11.7 Å². The van der Waals surface area contributed by atoms with Crippen molar-refractivity contribution in [1.29, 1.82) is 0 Å². The van der Waals surface area contributed by atoms with Gasteiger partial charge in [0.25, 0.3) is 5.56 Å². The Morgan fingerprint density at radius 1 is 1.13 bits per heavy atom. The molecule has 1 aromatic carbocycles. The third kappa shape index (κ3) is 5.12. The number of carbonyl (C=O) groups excluding carboxylic acids is 1. The van der Waals surface area contributed by atoms with Crippen molar-refractivity contribution in [3.63, 3.8) is 0 Å². The van der Waals surface area contributed by atoms with Crippen molar-refractivity contribution in [2.24, 2.45) is 0 Å². The predicted octanol–water partition coefficient (Wildman–Crippen LogP) is 3.76. The van der Waals surface area contributed by atoms with E-state index in [2.05, 4.69) is 0 Å². The smallest absolute Gasteiger partial charge is 0.346 e. The van der Waals surface area contributed by atoms with Gasteiger partial charge in [0.05, 0.1) is 25.1 Å². The van der Waals surface area contributed by atoms with Crippen LogP contribution < -0.4 is 16.0 Å². The Morgan fingerprint density at radius 3 is 2.36 bits per heavy atom. The van der Waals surface area contributed by atoms with Gasteiger partial charge in [-0.25, -0.2) is 14.2 Å². The van der Waals surface area contributed by atoms with Crippen LogP contribution >= 0.6 is 11.3 Å². The van der Waals surface area contributed by atoms with E-state index in [1.807, 2.05) is 32.0 Å². The highest BCUT2D eigenvalue weighted by Crippen LogP contribution is 2.33. The second-order valence-electron chi connectivity index (χ2n) is 10.5. The number of fused-ring (bicyclic) bond motifs is 1. The second-order valence-corrected chi connectivity index (χ2v) is 11.5. The fourth-order valence-electron chi connectivity index (χ4n) is 5.25. The number of thiophene rings is 1. The van der Waals surface area contributed by atoms with Crippen molar-refractivity contribution in [3.8, 4) is 5.75 Å². The Labute approximate surface area is 230 Å². The van der Waals surface area contributed by atoms with E-state index in [1.165, 1.54) is 4.57 Å². The summed E-state index contributed by atoms with van der Waals surface area (Å²) in [5.41, 5.74) is -1.91. The highest BCUT2D eigenvalue weighted by Gasteiger charge is 2.39. The molecule has 0 radical (unpaired) electrons. The molecule has 1 unspecified atom stereocenters. The van der Waals surface area contributed by atoms with Crippen LogP contribution in [0, 0.1) is 6.92 Å². The molecule has 0 bridgehead atoms. The minimum absolute atomic E-state index is 0.0266. The quantitative estimate of drug-likeness (QED) is 0.425. The van der Waals surface area contributed by atoms with Crippen LogP contribution in [-0.4, -0.2) is 57.3 Å². The summed E-state index contributed by atoms with van der Waals surface area (Å²) < 4.78 is 14.2. The van der Waals surface area contributed by atoms with Crippen LogP contribution in [0.25, 0.3) is 10.2 Å². The zero-order valence-electron chi connectivity index (χ0n) is 23.1. The summed E-state index contributed by atoms with van der Waals surface area (Å²) in [4.78, 5) is 55.6. The van der Waals surface area contributed by atoms with E-state index >= 15 is 0 Å². The number of methoxy groups -OCH3 is 1. The molecule has 0 aliphatic carbocycles. The number of aryl methyl sites for hydroxylation is 1. The van der Waals surface area contributed by atoms with Crippen LogP contribution in [0.5, 0.6) is 5.75 Å². The van der Waals surface area contributed by atoms with E-state index in [9.17, 15) is 24.3 Å². The fourth-order valence-corrected chi connectivity index (χ4v) is 6.39. The third-order valence-electron chi connectivity index (χ3n) is 7.15. The molecule has 1 atom stereocenters. The summed E-state index contributed by atoms with van der Waals surface area (Å²) in [6.07, 6.45) is 0.836. The van der Waals surface area contributed by atoms with Crippen LogP contribution in [0.2, 0.25) is 0 Å². The SMILES string of the molecule is COc1ccccc1C(Cn1c(=O)n(C(C)(C)C(=O)N2CCCC2)c(=O)c2c(C)c(C(=O)O)sc21)OC(C)C. The zero-order valence-corrected chi connectivity index (χ0v) is 24.0. The molecule has 1 N–H and O–H groups in total. The predicted molar refractivity (Wildman–Crippen MR) is 149 cm³/mol. The maximum Gasteiger partial charge on any atom is 0.346 e. The number of benzene rings is 1. The monoisotopic (exact) mass is 557 g/mol. The number of hydrogen-bond acceptors (Lipinski definition) is 7. The number of amides is 1. The minimum atomic E-state index is -1.49. The van der Waals surface area contributed by atoms with E-state index in [1.54, 1.807) is 38.8 Å². The number of likely N-dealkylation sites (tertiary alicyclic amines) is 1. The lowest BCUT2D eigenvalue weighted by molar-refractivity contribution is -0.138. The molecule has 2 aromatic heterocycles. The summed E-state index contributed by atoms with van der Waals surface area (Å²) in [7, 11) is 1.55. The number of carboxylic acid groups (broad SMARTS) is 1. The van der Waals surface area contributed by atoms with Crippen molar-refractivity contribution in [2.75, 3.05) is 20.2 Å². The standard InChI is InChI=1S/C28H35N3O7S/c1-16(2)38-20(18-11-7-8-12-19(18)37-6)15-30-24-21(17(3)22(39-24)25(33)34)23(32)31(27(30)36)28(4,5)26(35)29-13-9-10-14-29/h7-8,11-12,16,20H,9-10,13-15H2,1-6H3,(H,33,34). The van der Waals surface area contributed by atoms with E-state index in [0.717, 1.165) is 28.7 Å². The normalized spacial score (nSPS) is 14.8. The van der Waals surface area contributed by atoms with Gasteiger partial charge in [-0.1, -0.05) is 18.2 Å². The summed E-state index contributed by atoms with van der Waals surface area (Å²) in [5, 5.41) is 9.95. The van der Waals surface area contributed by atoms with Crippen molar-refractivity contribution < 1.29 is 24.2 Å². The molecule has 4 rings (SSSR count). The van der Waals surface area contributed by atoms with Gasteiger partial charge in [-0.05, 0) is 59.1 Å². The van der Waals surface area contributed by atoms with Crippen molar-refractivity contribution in [1.82, 2.24) is 14.0 Å². The molecule has 3 aromatic rings.